The lowest BCUT2D eigenvalue weighted by atomic mass is 10.1. The van der Waals surface area contributed by atoms with Crippen LogP contribution in [-0.2, 0) is 19.6 Å². The molecule has 0 aliphatic carbocycles. The Balaban J connectivity index is 1.97. The van der Waals surface area contributed by atoms with Gasteiger partial charge in [0.1, 0.15) is 0 Å². The Bertz CT molecular complexity index is 893. The first kappa shape index (κ1) is 25.6. The number of hydrogen-bond acceptors (Lipinski definition) is 5. The largest absolute Gasteiger partial charge is 0.350 e. The molecule has 31 heavy (non-hydrogen) atoms. The summed E-state index contributed by atoms with van der Waals surface area (Å²) < 4.78 is 27.0. The standard InChI is InChI=1S/C21H33ClN4O4S/c1-5-25(15-20(28)24-21(2,3)4)13-10-19(27)23-18-14-16(8-9-17(18)22)31(29,30)26-11-6-7-12-26/h8-9,14H,5-7,10-13,15H2,1-4H3,(H,23,27)(H,24,28). The van der Waals surface area contributed by atoms with Crippen LogP contribution in [0.1, 0.15) is 47.0 Å². The van der Waals surface area contributed by atoms with E-state index in [9.17, 15) is 18.0 Å². The molecule has 0 radical (unpaired) electrons. The summed E-state index contributed by atoms with van der Waals surface area (Å²) in [6.07, 6.45) is 1.84. The topological polar surface area (TPSA) is 98.8 Å². The van der Waals surface area contributed by atoms with Gasteiger partial charge in [-0.15, -0.1) is 0 Å². The first-order valence-corrected chi connectivity index (χ1v) is 12.4. The highest BCUT2D eigenvalue weighted by Crippen LogP contribution is 2.28. The van der Waals surface area contributed by atoms with Gasteiger partial charge in [-0.25, -0.2) is 8.42 Å². The van der Waals surface area contributed by atoms with Crippen LogP contribution in [0.25, 0.3) is 0 Å². The number of likely N-dealkylation sites (N-methyl/N-ethyl adjacent to an activating group) is 1. The molecule has 0 unspecified atom stereocenters. The molecular formula is C21H33ClN4O4S. The maximum Gasteiger partial charge on any atom is 0.243 e. The molecular weight excluding hydrogens is 440 g/mol. The number of hydrogen-bond donors (Lipinski definition) is 2. The zero-order chi connectivity index (χ0) is 23.2. The maximum absolute atomic E-state index is 12.8. The van der Waals surface area contributed by atoms with Crippen LogP contribution in [0.5, 0.6) is 0 Å². The molecule has 2 amide bonds. The minimum Gasteiger partial charge on any atom is -0.350 e. The van der Waals surface area contributed by atoms with Gasteiger partial charge in [0.05, 0.1) is 22.2 Å². The lowest BCUT2D eigenvalue weighted by Gasteiger charge is -2.24. The first-order chi connectivity index (χ1) is 14.4. The molecule has 2 N–H and O–H groups in total. The zero-order valence-corrected chi connectivity index (χ0v) is 20.3. The summed E-state index contributed by atoms with van der Waals surface area (Å²) in [5, 5.41) is 5.88. The molecule has 0 saturated carbocycles. The van der Waals surface area contributed by atoms with E-state index < -0.39 is 10.0 Å². The number of nitrogens with zero attached hydrogens (tertiary/aromatic N) is 2. The van der Waals surface area contributed by atoms with Crippen LogP contribution in [0.3, 0.4) is 0 Å². The van der Waals surface area contributed by atoms with Crippen molar-refractivity contribution >= 4 is 39.1 Å². The van der Waals surface area contributed by atoms with Gasteiger partial charge in [0.15, 0.2) is 0 Å². The van der Waals surface area contributed by atoms with Crippen LogP contribution in [0.4, 0.5) is 5.69 Å². The maximum atomic E-state index is 12.8. The molecule has 0 bridgehead atoms. The van der Waals surface area contributed by atoms with Gasteiger partial charge in [0, 0.05) is 31.6 Å². The second kappa shape index (κ2) is 10.8. The van der Waals surface area contributed by atoms with Crippen LogP contribution in [0.2, 0.25) is 5.02 Å². The second-order valence-electron chi connectivity index (χ2n) is 8.72. The molecule has 174 valence electrons. The van der Waals surface area contributed by atoms with Crippen molar-refractivity contribution in [3.05, 3.63) is 23.2 Å². The minimum absolute atomic E-state index is 0.0994. The van der Waals surface area contributed by atoms with Crippen molar-refractivity contribution in [1.82, 2.24) is 14.5 Å². The van der Waals surface area contributed by atoms with Crippen molar-refractivity contribution in [2.75, 3.05) is 38.0 Å². The first-order valence-electron chi connectivity index (χ1n) is 10.6. The normalized spacial score (nSPS) is 15.3. The van der Waals surface area contributed by atoms with Crippen LogP contribution >= 0.6 is 11.6 Å². The fraction of sp³-hybridized carbons (Fsp3) is 0.619. The Kier molecular flexibility index (Phi) is 8.88. The third kappa shape index (κ3) is 7.75. The van der Waals surface area contributed by atoms with E-state index in [0.717, 1.165) is 12.8 Å². The molecule has 1 saturated heterocycles. The number of sulfonamides is 1. The summed E-state index contributed by atoms with van der Waals surface area (Å²) >= 11 is 6.18. The number of amides is 2. The van der Waals surface area contributed by atoms with E-state index in [1.807, 2.05) is 32.6 Å². The van der Waals surface area contributed by atoms with E-state index in [1.54, 1.807) is 0 Å². The van der Waals surface area contributed by atoms with E-state index in [0.29, 0.717) is 26.2 Å². The summed E-state index contributed by atoms with van der Waals surface area (Å²) in [5.41, 5.74) is -0.0501. The summed E-state index contributed by atoms with van der Waals surface area (Å²) in [6.45, 7) is 9.88. The van der Waals surface area contributed by atoms with Crippen molar-refractivity contribution in [2.24, 2.45) is 0 Å². The van der Waals surface area contributed by atoms with Crippen molar-refractivity contribution in [3.63, 3.8) is 0 Å². The lowest BCUT2D eigenvalue weighted by Crippen LogP contribution is -2.46. The van der Waals surface area contributed by atoms with E-state index in [4.69, 9.17) is 11.6 Å². The molecule has 8 nitrogen and oxygen atoms in total. The van der Waals surface area contributed by atoms with Gasteiger partial charge in [-0.2, -0.15) is 4.31 Å². The molecule has 2 rings (SSSR count). The predicted molar refractivity (Wildman–Crippen MR) is 123 cm³/mol. The van der Waals surface area contributed by atoms with Gasteiger partial charge in [-0.1, -0.05) is 18.5 Å². The van der Waals surface area contributed by atoms with Crippen LogP contribution in [0.15, 0.2) is 23.1 Å². The highest BCUT2D eigenvalue weighted by molar-refractivity contribution is 7.89. The molecule has 1 fully saturated rings. The Morgan fingerprint density at radius 3 is 2.39 bits per heavy atom. The summed E-state index contributed by atoms with van der Waals surface area (Å²) in [7, 11) is -3.60. The average molecular weight is 473 g/mol. The van der Waals surface area contributed by atoms with E-state index >= 15 is 0 Å². The number of benzene rings is 1. The number of halogens is 1. The lowest BCUT2D eigenvalue weighted by molar-refractivity contribution is -0.124. The summed E-state index contributed by atoms with van der Waals surface area (Å²) in [6, 6.07) is 4.34. The van der Waals surface area contributed by atoms with Crippen molar-refractivity contribution in [3.8, 4) is 0 Å². The quantitative estimate of drug-likeness (QED) is 0.575. The van der Waals surface area contributed by atoms with E-state index in [1.165, 1.54) is 22.5 Å². The van der Waals surface area contributed by atoms with Crippen molar-refractivity contribution in [2.45, 2.75) is 57.4 Å². The van der Waals surface area contributed by atoms with Gasteiger partial charge < -0.3 is 10.6 Å². The van der Waals surface area contributed by atoms with E-state index in [-0.39, 0.29) is 45.9 Å². The van der Waals surface area contributed by atoms with Gasteiger partial charge in [-0.05, 0) is 58.4 Å². The highest BCUT2D eigenvalue weighted by Gasteiger charge is 2.28. The molecule has 0 aromatic heterocycles. The van der Waals surface area contributed by atoms with Gasteiger partial charge in [0.2, 0.25) is 21.8 Å². The van der Waals surface area contributed by atoms with Crippen LogP contribution in [0, 0.1) is 0 Å². The second-order valence-corrected chi connectivity index (χ2v) is 11.1. The number of nitrogens with one attached hydrogen (secondary N) is 2. The Labute approximate surface area is 190 Å². The molecule has 1 aromatic rings. The molecule has 0 spiro atoms. The van der Waals surface area contributed by atoms with E-state index in [2.05, 4.69) is 10.6 Å². The highest BCUT2D eigenvalue weighted by atomic mass is 35.5. The Morgan fingerprint density at radius 2 is 1.81 bits per heavy atom. The number of anilines is 1. The van der Waals surface area contributed by atoms with Gasteiger partial charge >= 0.3 is 0 Å². The fourth-order valence-electron chi connectivity index (χ4n) is 3.32. The third-order valence-corrected chi connectivity index (χ3v) is 7.12. The zero-order valence-electron chi connectivity index (χ0n) is 18.7. The smallest absolute Gasteiger partial charge is 0.243 e. The Morgan fingerprint density at radius 1 is 1.16 bits per heavy atom. The van der Waals surface area contributed by atoms with Crippen LogP contribution in [-0.4, -0.2) is 67.7 Å². The predicted octanol–water partition coefficient (Wildman–Crippen LogP) is 2.69. The monoisotopic (exact) mass is 472 g/mol. The number of carbonyl (C=O) groups is 2. The third-order valence-electron chi connectivity index (χ3n) is 4.90. The number of carbonyl (C=O) groups excluding carboxylic acids is 2. The molecule has 1 aliphatic rings. The molecule has 0 atom stereocenters. The Hall–Kier alpha value is -1.68. The summed E-state index contributed by atoms with van der Waals surface area (Å²) in [4.78, 5) is 26.6. The number of rotatable bonds is 9. The van der Waals surface area contributed by atoms with Gasteiger partial charge in [0.25, 0.3) is 0 Å². The van der Waals surface area contributed by atoms with Crippen molar-refractivity contribution < 1.29 is 18.0 Å². The van der Waals surface area contributed by atoms with Crippen molar-refractivity contribution in [1.29, 1.82) is 0 Å². The van der Waals surface area contributed by atoms with Crippen LogP contribution < -0.4 is 10.6 Å². The molecule has 1 aliphatic heterocycles. The molecule has 1 aromatic carbocycles. The average Bonchev–Trinajstić information content (AvgIpc) is 3.21. The molecule has 1 heterocycles. The molecule has 10 heteroatoms. The minimum atomic E-state index is -3.60. The summed E-state index contributed by atoms with van der Waals surface area (Å²) in [5.74, 6) is -0.398. The van der Waals surface area contributed by atoms with Gasteiger partial charge in [-0.3, -0.25) is 14.5 Å². The SMILES string of the molecule is CCN(CCC(=O)Nc1cc(S(=O)(=O)N2CCCC2)ccc1Cl)CC(=O)NC(C)(C)C. The fourth-order valence-corrected chi connectivity index (χ4v) is 5.03.